The van der Waals surface area contributed by atoms with Gasteiger partial charge in [0.15, 0.2) is 0 Å². The van der Waals surface area contributed by atoms with Gasteiger partial charge in [-0.05, 0) is 36.0 Å². The Balaban J connectivity index is 1.57. The molecule has 0 saturated heterocycles. The Morgan fingerprint density at radius 1 is 1.07 bits per heavy atom. The van der Waals surface area contributed by atoms with E-state index in [1.54, 1.807) is 6.92 Å². The van der Waals surface area contributed by atoms with E-state index in [2.05, 4.69) is 12.2 Å². The standard InChI is InChI=1S/C24H28N2O3/c1-16-22(25-24(28)29-15-18-9-4-3-5-10-18)20-13-6-7-14-21(20)26(17(2)27)23(16)19-11-8-12-19/h3-7,9-10,13-14,16,19,22-23H,8,11-12,15H2,1-2H3,(H,25,28)/t16-,22-,23?/m1/s1. The number of hydrogen-bond acceptors (Lipinski definition) is 3. The monoisotopic (exact) mass is 392 g/mol. The van der Waals surface area contributed by atoms with Gasteiger partial charge in [0.25, 0.3) is 0 Å². The Bertz CT molecular complexity index is 879. The molecule has 2 aromatic carbocycles. The van der Waals surface area contributed by atoms with Crippen LogP contribution in [0.3, 0.4) is 0 Å². The smallest absolute Gasteiger partial charge is 0.407 e. The first-order valence-corrected chi connectivity index (χ1v) is 10.4. The van der Waals surface area contributed by atoms with Gasteiger partial charge in [-0.3, -0.25) is 4.79 Å². The van der Waals surface area contributed by atoms with Crippen molar-refractivity contribution < 1.29 is 14.3 Å². The molecule has 1 aliphatic carbocycles. The molecule has 1 N–H and O–H groups in total. The summed E-state index contributed by atoms with van der Waals surface area (Å²) >= 11 is 0. The van der Waals surface area contributed by atoms with Crippen molar-refractivity contribution in [1.29, 1.82) is 0 Å². The van der Waals surface area contributed by atoms with Crippen molar-refractivity contribution in [2.75, 3.05) is 4.90 Å². The van der Waals surface area contributed by atoms with E-state index in [4.69, 9.17) is 4.74 Å². The number of amides is 2. The molecule has 0 radical (unpaired) electrons. The number of alkyl carbamates (subject to hydrolysis) is 1. The van der Waals surface area contributed by atoms with E-state index in [9.17, 15) is 9.59 Å². The minimum atomic E-state index is -0.427. The van der Waals surface area contributed by atoms with Crippen molar-refractivity contribution >= 4 is 17.7 Å². The molecule has 3 atom stereocenters. The van der Waals surface area contributed by atoms with Crippen LogP contribution in [-0.4, -0.2) is 18.0 Å². The van der Waals surface area contributed by atoms with Crippen LogP contribution in [0.1, 0.15) is 50.3 Å². The second kappa shape index (κ2) is 8.27. The van der Waals surface area contributed by atoms with Gasteiger partial charge >= 0.3 is 6.09 Å². The quantitative estimate of drug-likeness (QED) is 0.811. The molecule has 1 saturated carbocycles. The number of ether oxygens (including phenoxy) is 1. The average Bonchev–Trinajstić information content (AvgIpc) is 2.68. The molecule has 29 heavy (non-hydrogen) atoms. The normalized spacial score (nSPS) is 23.7. The van der Waals surface area contributed by atoms with Crippen molar-refractivity contribution in [1.82, 2.24) is 5.32 Å². The molecule has 1 heterocycles. The van der Waals surface area contributed by atoms with Crippen LogP contribution in [-0.2, 0) is 16.1 Å². The second-order valence-electron chi connectivity index (χ2n) is 8.17. The molecular formula is C24H28N2O3. The Morgan fingerprint density at radius 3 is 2.41 bits per heavy atom. The number of fused-ring (bicyclic) bond motifs is 1. The van der Waals surface area contributed by atoms with Crippen LogP contribution in [0.25, 0.3) is 0 Å². The molecule has 1 unspecified atom stereocenters. The molecule has 1 aliphatic heterocycles. The van der Waals surface area contributed by atoms with E-state index >= 15 is 0 Å². The minimum absolute atomic E-state index is 0.0614. The van der Waals surface area contributed by atoms with E-state index in [0.717, 1.165) is 29.7 Å². The van der Waals surface area contributed by atoms with E-state index in [-0.39, 0.29) is 30.5 Å². The molecule has 152 valence electrons. The van der Waals surface area contributed by atoms with E-state index < -0.39 is 6.09 Å². The molecule has 2 aromatic rings. The highest BCUT2D eigenvalue weighted by atomic mass is 16.5. The first-order chi connectivity index (χ1) is 14.1. The maximum absolute atomic E-state index is 12.6. The topological polar surface area (TPSA) is 58.6 Å². The van der Waals surface area contributed by atoms with Gasteiger partial charge in [-0.15, -0.1) is 0 Å². The van der Waals surface area contributed by atoms with Gasteiger partial charge in [0, 0.05) is 24.6 Å². The predicted molar refractivity (Wildman–Crippen MR) is 112 cm³/mol. The molecule has 1 fully saturated rings. The predicted octanol–water partition coefficient (Wildman–Crippen LogP) is 4.83. The van der Waals surface area contributed by atoms with Crippen molar-refractivity contribution in [3.63, 3.8) is 0 Å². The Kier molecular flexibility index (Phi) is 5.56. The highest BCUT2D eigenvalue weighted by Crippen LogP contribution is 2.47. The molecule has 0 aromatic heterocycles. The number of carbonyl (C=O) groups is 2. The lowest BCUT2D eigenvalue weighted by Gasteiger charge is -2.50. The maximum atomic E-state index is 12.6. The van der Waals surface area contributed by atoms with E-state index in [0.29, 0.717) is 5.92 Å². The number of rotatable bonds is 4. The summed E-state index contributed by atoms with van der Waals surface area (Å²) in [4.78, 5) is 27.1. The van der Waals surface area contributed by atoms with Crippen molar-refractivity contribution in [2.24, 2.45) is 11.8 Å². The molecule has 2 amide bonds. The summed E-state index contributed by atoms with van der Waals surface area (Å²) in [6.45, 7) is 4.01. The molecule has 5 heteroatoms. The lowest BCUT2D eigenvalue weighted by atomic mass is 9.69. The first kappa shape index (κ1) is 19.5. The van der Waals surface area contributed by atoms with Gasteiger partial charge in [0.2, 0.25) is 5.91 Å². The van der Waals surface area contributed by atoms with Gasteiger partial charge < -0.3 is 15.0 Å². The SMILES string of the molecule is CC(=O)N1c2ccccc2[C@H](NC(=O)OCc2ccccc2)[C@@H](C)C1C1CCC1. The number of benzene rings is 2. The molecule has 0 bridgehead atoms. The second-order valence-corrected chi connectivity index (χ2v) is 8.17. The van der Waals surface area contributed by atoms with Crippen molar-refractivity contribution in [3.05, 3.63) is 65.7 Å². The number of nitrogens with one attached hydrogen (secondary N) is 1. The lowest BCUT2D eigenvalue weighted by Crippen LogP contribution is -2.56. The fourth-order valence-electron chi connectivity index (χ4n) is 4.75. The summed E-state index contributed by atoms with van der Waals surface area (Å²) in [5.41, 5.74) is 2.83. The zero-order valence-electron chi connectivity index (χ0n) is 17.0. The van der Waals surface area contributed by atoms with Crippen LogP contribution in [0, 0.1) is 11.8 Å². The molecule has 2 aliphatic rings. The fraction of sp³-hybridized carbons (Fsp3) is 0.417. The van der Waals surface area contributed by atoms with Crippen LogP contribution in [0.5, 0.6) is 0 Å². The number of carbonyl (C=O) groups excluding carboxylic acids is 2. The molecule has 4 rings (SSSR count). The van der Waals surface area contributed by atoms with E-state index in [1.165, 1.54) is 6.42 Å². The molecule has 0 spiro atoms. The van der Waals surface area contributed by atoms with E-state index in [1.807, 2.05) is 59.5 Å². The van der Waals surface area contributed by atoms with Crippen LogP contribution >= 0.6 is 0 Å². The van der Waals surface area contributed by atoms with Gasteiger partial charge in [0.05, 0.1) is 6.04 Å². The van der Waals surface area contributed by atoms with Gasteiger partial charge in [-0.25, -0.2) is 4.79 Å². The molecular weight excluding hydrogens is 364 g/mol. The van der Waals surface area contributed by atoms with Crippen LogP contribution in [0.15, 0.2) is 54.6 Å². The highest BCUT2D eigenvalue weighted by Gasteiger charge is 2.45. The van der Waals surface area contributed by atoms with Crippen molar-refractivity contribution in [3.8, 4) is 0 Å². The summed E-state index contributed by atoms with van der Waals surface area (Å²) in [5, 5.41) is 3.09. The number of anilines is 1. The van der Waals surface area contributed by atoms with Gasteiger partial charge in [-0.1, -0.05) is 61.9 Å². The summed E-state index contributed by atoms with van der Waals surface area (Å²) in [6, 6.07) is 17.5. The van der Waals surface area contributed by atoms with Gasteiger partial charge in [0.1, 0.15) is 6.61 Å². The van der Waals surface area contributed by atoms with Crippen LogP contribution < -0.4 is 10.2 Å². The minimum Gasteiger partial charge on any atom is -0.445 e. The Morgan fingerprint density at radius 2 is 1.76 bits per heavy atom. The third-order valence-corrected chi connectivity index (χ3v) is 6.35. The number of para-hydroxylation sites is 1. The number of nitrogens with zero attached hydrogens (tertiary/aromatic N) is 1. The Labute approximate surface area is 172 Å². The Hall–Kier alpha value is -2.82. The number of hydrogen-bond donors (Lipinski definition) is 1. The largest absolute Gasteiger partial charge is 0.445 e. The third kappa shape index (κ3) is 3.86. The summed E-state index contributed by atoms with van der Waals surface area (Å²) in [6.07, 6.45) is 3.04. The zero-order valence-corrected chi connectivity index (χ0v) is 17.0. The van der Waals surface area contributed by atoms with Crippen molar-refractivity contribution in [2.45, 2.75) is 51.8 Å². The highest BCUT2D eigenvalue weighted by molar-refractivity contribution is 5.94. The first-order valence-electron chi connectivity index (χ1n) is 10.4. The van der Waals surface area contributed by atoms with Gasteiger partial charge in [-0.2, -0.15) is 0 Å². The maximum Gasteiger partial charge on any atom is 0.407 e. The summed E-state index contributed by atoms with van der Waals surface area (Å²) in [5.74, 6) is 0.640. The third-order valence-electron chi connectivity index (χ3n) is 6.35. The lowest BCUT2D eigenvalue weighted by molar-refractivity contribution is -0.118. The molecule has 5 nitrogen and oxygen atoms in total. The van der Waals surface area contributed by atoms with Crippen LogP contribution in [0.2, 0.25) is 0 Å². The van der Waals surface area contributed by atoms with Crippen LogP contribution in [0.4, 0.5) is 10.5 Å². The summed E-state index contributed by atoms with van der Waals surface area (Å²) in [7, 11) is 0. The summed E-state index contributed by atoms with van der Waals surface area (Å²) < 4.78 is 5.47. The average molecular weight is 392 g/mol. The fourth-order valence-corrected chi connectivity index (χ4v) is 4.75. The zero-order chi connectivity index (χ0) is 20.4.